The van der Waals surface area contributed by atoms with E-state index in [0.717, 1.165) is 18.8 Å². The highest BCUT2D eigenvalue weighted by atomic mass is 16.2. The Labute approximate surface area is 76.7 Å². The van der Waals surface area contributed by atoms with Crippen molar-refractivity contribution < 1.29 is 4.79 Å². The fraction of sp³-hybridized carbons (Fsp3) is 0.444. The van der Waals surface area contributed by atoms with E-state index < -0.39 is 0 Å². The molecule has 4 nitrogen and oxygen atoms in total. The van der Waals surface area contributed by atoms with Crippen LogP contribution in [0.15, 0.2) is 18.3 Å². The molecule has 0 aliphatic carbocycles. The van der Waals surface area contributed by atoms with Crippen LogP contribution in [0.4, 0.5) is 0 Å². The second-order valence-corrected chi connectivity index (χ2v) is 3.27. The first kappa shape index (κ1) is 8.31. The van der Waals surface area contributed by atoms with Crippen LogP contribution in [0.25, 0.3) is 0 Å². The van der Waals surface area contributed by atoms with Crippen LogP contribution in [0.2, 0.25) is 0 Å². The average Bonchev–Trinajstić information content (AvgIpc) is 2.49. The van der Waals surface area contributed by atoms with Crippen molar-refractivity contribution >= 4 is 5.91 Å². The molecule has 2 heterocycles. The van der Waals surface area contributed by atoms with Crippen LogP contribution in [0, 0.1) is 5.92 Å². The van der Waals surface area contributed by atoms with Crippen LogP contribution in [0.5, 0.6) is 0 Å². The zero-order valence-corrected chi connectivity index (χ0v) is 7.34. The summed E-state index contributed by atoms with van der Waals surface area (Å²) in [5.41, 5.74) is 1.04. The molecule has 1 fully saturated rings. The van der Waals surface area contributed by atoms with E-state index in [1.807, 2.05) is 18.3 Å². The van der Waals surface area contributed by atoms with E-state index in [1.165, 1.54) is 0 Å². The van der Waals surface area contributed by atoms with Gasteiger partial charge in [-0.15, -0.1) is 0 Å². The Morgan fingerprint density at radius 2 is 2.46 bits per heavy atom. The number of rotatable bonds is 3. The van der Waals surface area contributed by atoms with Gasteiger partial charge in [-0.3, -0.25) is 4.79 Å². The average molecular weight is 179 g/mol. The minimum absolute atomic E-state index is 0.147. The summed E-state index contributed by atoms with van der Waals surface area (Å²) in [5.74, 6) is 0.323. The lowest BCUT2D eigenvalue weighted by Crippen LogP contribution is -2.50. The standard InChI is InChI=1S/C9H13N3O/c13-9(7-4-10-5-7)12-6-8-2-1-3-11-8/h1-3,7,10-11H,4-6H2,(H,12,13). The molecule has 0 atom stereocenters. The van der Waals surface area contributed by atoms with E-state index in [0.29, 0.717) is 6.54 Å². The second kappa shape index (κ2) is 3.62. The summed E-state index contributed by atoms with van der Waals surface area (Å²) in [6.07, 6.45) is 1.85. The van der Waals surface area contributed by atoms with Crippen molar-refractivity contribution in [2.45, 2.75) is 6.54 Å². The number of hydrogen-bond acceptors (Lipinski definition) is 2. The maximum atomic E-state index is 11.4. The maximum absolute atomic E-state index is 11.4. The molecule has 1 aliphatic heterocycles. The fourth-order valence-corrected chi connectivity index (χ4v) is 1.28. The van der Waals surface area contributed by atoms with Gasteiger partial charge < -0.3 is 15.6 Å². The number of aromatic nitrogens is 1. The van der Waals surface area contributed by atoms with E-state index in [9.17, 15) is 4.79 Å². The van der Waals surface area contributed by atoms with Gasteiger partial charge in [0.05, 0.1) is 12.5 Å². The zero-order valence-electron chi connectivity index (χ0n) is 7.34. The number of amides is 1. The Morgan fingerprint density at radius 3 is 3.00 bits per heavy atom. The highest BCUT2D eigenvalue weighted by molar-refractivity contribution is 5.79. The Hall–Kier alpha value is -1.29. The van der Waals surface area contributed by atoms with Gasteiger partial charge in [0.15, 0.2) is 0 Å². The van der Waals surface area contributed by atoms with Gasteiger partial charge >= 0.3 is 0 Å². The van der Waals surface area contributed by atoms with Crippen LogP contribution >= 0.6 is 0 Å². The molecule has 0 radical (unpaired) electrons. The lowest BCUT2D eigenvalue weighted by atomic mass is 10.0. The molecule has 0 unspecified atom stereocenters. The molecule has 13 heavy (non-hydrogen) atoms. The summed E-state index contributed by atoms with van der Waals surface area (Å²) in [7, 11) is 0. The molecule has 0 aromatic carbocycles. The van der Waals surface area contributed by atoms with Gasteiger partial charge in [-0.1, -0.05) is 0 Å². The first-order valence-corrected chi connectivity index (χ1v) is 4.47. The van der Waals surface area contributed by atoms with E-state index >= 15 is 0 Å². The number of hydrogen-bond donors (Lipinski definition) is 3. The molecular formula is C9H13N3O. The third-order valence-corrected chi connectivity index (χ3v) is 2.27. The van der Waals surface area contributed by atoms with Crippen LogP contribution in [0.1, 0.15) is 5.69 Å². The van der Waals surface area contributed by atoms with Crippen molar-refractivity contribution in [3.05, 3.63) is 24.0 Å². The maximum Gasteiger partial charge on any atom is 0.226 e. The van der Waals surface area contributed by atoms with E-state index in [-0.39, 0.29) is 11.8 Å². The number of carbonyl (C=O) groups is 1. The van der Waals surface area contributed by atoms with Crippen LogP contribution in [-0.2, 0) is 11.3 Å². The molecule has 1 amide bonds. The number of aromatic amines is 1. The van der Waals surface area contributed by atoms with Crippen molar-refractivity contribution in [1.29, 1.82) is 0 Å². The highest BCUT2D eigenvalue weighted by Gasteiger charge is 2.24. The zero-order chi connectivity index (χ0) is 9.10. The summed E-state index contributed by atoms with van der Waals surface area (Å²) >= 11 is 0. The van der Waals surface area contributed by atoms with Gasteiger partial charge in [0.25, 0.3) is 0 Å². The van der Waals surface area contributed by atoms with Crippen molar-refractivity contribution in [1.82, 2.24) is 15.6 Å². The number of carbonyl (C=O) groups excluding carboxylic acids is 1. The van der Waals surface area contributed by atoms with E-state index in [4.69, 9.17) is 0 Å². The molecular weight excluding hydrogens is 166 g/mol. The smallest absolute Gasteiger partial charge is 0.226 e. The predicted molar refractivity (Wildman–Crippen MR) is 49.0 cm³/mol. The van der Waals surface area contributed by atoms with E-state index in [1.54, 1.807) is 0 Å². The van der Waals surface area contributed by atoms with Crippen LogP contribution in [0.3, 0.4) is 0 Å². The first-order valence-electron chi connectivity index (χ1n) is 4.47. The van der Waals surface area contributed by atoms with Gasteiger partial charge in [0.2, 0.25) is 5.91 Å². The lowest BCUT2D eigenvalue weighted by Gasteiger charge is -2.25. The normalized spacial score (nSPS) is 16.6. The predicted octanol–water partition coefficient (Wildman–Crippen LogP) is -0.150. The fourth-order valence-electron chi connectivity index (χ4n) is 1.28. The van der Waals surface area contributed by atoms with Gasteiger partial charge in [0, 0.05) is 25.0 Å². The van der Waals surface area contributed by atoms with Gasteiger partial charge in [0.1, 0.15) is 0 Å². The monoisotopic (exact) mass is 179 g/mol. The molecule has 1 saturated heterocycles. The Kier molecular flexibility index (Phi) is 2.31. The summed E-state index contributed by atoms with van der Waals surface area (Å²) in [6, 6.07) is 3.88. The molecule has 1 aliphatic rings. The van der Waals surface area contributed by atoms with Gasteiger partial charge in [-0.25, -0.2) is 0 Å². The summed E-state index contributed by atoms with van der Waals surface area (Å²) in [4.78, 5) is 14.4. The molecule has 1 aromatic heterocycles. The number of H-pyrrole nitrogens is 1. The van der Waals surface area contributed by atoms with Crippen molar-refractivity contribution in [3.63, 3.8) is 0 Å². The van der Waals surface area contributed by atoms with Gasteiger partial charge in [-0.05, 0) is 12.1 Å². The largest absolute Gasteiger partial charge is 0.364 e. The summed E-state index contributed by atoms with van der Waals surface area (Å²) < 4.78 is 0. The van der Waals surface area contributed by atoms with Crippen LogP contribution < -0.4 is 10.6 Å². The molecule has 2 rings (SSSR count). The molecule has 3 N–H and O–H groups in total. The van der Waals surface area contributed by atoms with E-state index in [2.05, 4.69) is 15.6 Å². The van der Waals surface area contributed by atoms with Gasteiger partial charge in [-0.2, -0.15) is 0 Å². The minimum Gasteiger partial charge on any atom is -0.364 e. The molecule has 0 spiro atoms. The third-order valence-electron chi connectivity index (χ3n) is 2.27. The highest BCUT2D eigenvalue weighted by Crippen LogP contribution is 2.02. The Bertz CT molecular complexity index is 277. The van der Waals surface area contributed by atoms with Crippen molar-refractivity contribution in [2.75, 3.05) is 13.1 Å². The second-order valence-electron chi connectivity index (χ2n) is 3.27. The molecule has 1 aromatic rings. The van der Waals surface area contributed by atoms with Crippen molar-refractivity contribution in [2.24, 2.45) is 5.92 Å². The molecule has 0 saturated carbocycles. The van der Waals surface area contributed by atoms with Crippen molar-refractivity contribution in [3.8, 4) is 0 Å². The SMILES string of the molecule is O=C(NCc1ccc[nH]1)C1CNC1. The quantitative estimate of drug-likeness (QED) is 0.604. The third kappa shape index (κ3) is 1.89. The summed E-state index contributed by atoms with van der Waals surface area (Å²) in [5, 5.41) is 5.94. The molecule has 4 heteroatoms. The van der Waals surface area contributed by atoms with Crippen LogP contribution in [-0.4, -0.2) is 24.0 Å². The lowest BCUT2D eigenvalue weighted by molar-refractivity contribution is -0.126. The summed E-state index contributed by atoms with van der Waals surface area (Å²) in [6.45, 7) is 2.23. The molecule has 70 valence electrons. The first-order chi connectivity index (χ1) is 6.36. The Balaban J connectivity index is 1.76. The Morgan fingerprint density at radius 1 is 1.62 bits per heavy atom. The minimum atomic E-state index is 0.147. The molecule has 0 bridgehead atoms. The number of nitrogens with one attached hydrogen (secondary N) is 3. The topological polar surface area (TPSA) is 56.9 Å².